The Labute approximate surface area is 179 Å². The van der Waals surface area contributed by atoms with Crippen LogP contribution in [0.25, 0.3) is 9.69 Å². The molecular weight excluding hydrogens is 380 g/mol. The van der Waals surface area contributed by atoms with Crippen LogP contribution in [0.5, 0.6) is 0 Å². The first-order chi connectivity index (χ1) is 14.6. The Hall–Kier alpha value is -2.50. The molecular formula is C23H30N4O3. The highest BCUT2D eigenvalue weighted by Gasteiger charge is 2.26. The number of aliphatic hydroxyl groups is 1. The molecule has 2 aliphatic carbocycles. The van der Waals surface area contributed by atoms with Gasteiger partial charge in [-0.15, -0.1) is 0 Å². The molecule has 160 valence electrons. The van der Waals surface area contributed by atoms with Crippen molar-refractivity contribution in [3.63, 3.8) is 0 Å². The van der Waals surface area contributed by atoms with Gasteiger partial charge in [0.15, 0.2) is 0 Å². The molecule has 7 heteroatoms. The van der Waals surface area contributed by atoms with Crippen molar-refractivity contribution < 1.29 is 14.6 Å². The van der Waals surface area contributed by atoms with Crippen LogP contribution in [0.3, 0.4) is 0 Å². The van der Waals surface area contributed by atoms with Crippen molar-refractivity contribution in [2.75, 3.05) is 13.2 Å². The highest BCUT2D eigenvalue weighted by Crippen LogP contribution is 2.30. The number of allylic oxidation sites excluding steroid dienone is 3. The Morgan fingerprint density at radius 1 is 1.07 bits per heavy atom. The van der Waals surface area contributed by atoms with Gasteiger partial charge in [0.2, 0.25) is 0 Å². The lowest BCUT2D eigenvalue weighted by molar-refractivity contribution is -0.107. The third-order valence-electron chi connectivity index (χ3n) is 5.84. The highest BCUT2D eigenvalue weighted by atomic mass is 16.5. The van der Waals surface area contributed by atoms with Crippen molar-refractivity contribution >= 4 is 6.72 Å². The van der Waals surface area contributed by atoms with Crippen LogP contribution in [0.1, 0.15) is 51.4 Å². The quantitative estimate of drug-likeness (QED) is 0.349. The van der Waals surface area contributed by atoms with E-state index >= 15 is 0 Å². The Kier molecular flexibility index (Phi) is 10.3. The molecule has 1 N–H and O–H groups in total. The third kappa shape index (κ3) is 7.73. The van der Waals surface area contributed by atoms with E-state index in [0.29, 0.717) is 18.2 Å². The predicted octanol–water partition coefficient (Wildman–Crippen LogP) is 4.29. The molecule has 30 heavy (non-hydrogen) atoms. The summed E-state index contributed by atoms with van der Waals surface area (Å²) in [6, 6.07) is 2.04. The number of hydrogen-bond donors (Lipinski definition) is 1. The summed E-state index contributed by atoms with van der Waals surface area (Å²) >= 11 is 0. The second kappa shape index (κ2) is 12.9. The molecule has 1 atom stereocenters. The first-order valence-corrected chi connectivity index (χ1v) is 10.5. The minimum Gasteiger partial charge on any atom is -0.394 e. The smallest absolute Gasteiger partial charge is 0.394 e. The second-order valence-electron chi connectivity index (χ2n) is 7.92. The fraction of sp³-hybridized carbons (Fsp3) is 0.652. The van der Waals surface area contributed by atoms with E-state index < -0.39 is 0 Å². The van der Waals surface area contributed by atoms with Crippen molar-refractivity contribution in [1.29, 1.82) is 5.26 Å². The lowest BCUT2D eigenvalue weighted by Crippen LogP contribution is -2.34. The van der Waals surface area contributed by atoms with Crippen LogP contribution in [-0.4, -0.2) is 43.3 Å². The molecule has 0 spiro atoms. The summed E-state index contributed by atoms with van der Waals surface area (Å²) in [6.07, 6.45) is 10.8. The van der Waals surface area contributed by atoms with Gasteiger partial charge in [-0.3, -0.25) is 4.99 Å². The van der Waals surface area contributed by atoms with Crippen LogP contribution in [0.4, 0.5) is 0 Å². The maximum absolute atomic E-state index is 9.68. The topological polar surface area (TPSA) is 83.6 Å². The van der Waals surface area contributed by atoms with E-state index in [1.54, 1.807) is 6.08 Å². The summed E-state index contributed by atoms with van der Waals surface area (Å²) in [7, 11) is 0. The summed E-state index contributed by atoms with van der Waals surface area (Å²) in [4.78, 5) is 10.2. The van der Waals surface area contributed by atoms with Crippen LogP contribution >= 0.6 is 0 Å². The van der Waals surface area contributed by atoms with E-state index in [0.717, 1.165) is 51.4 Å². The largest absolute Gasteiger partial charge is 0.515 e. The van der Waals surface area contributed by atoms with Gasteiger partial charge < -0.3 is 14.6 Å². The predicted molar refractivity (Wildman–Crippen MR) is 114 cm³/mol. The van der Waals surface area contributed by atoms with Gasteiger partial charge in [0.1, 0.15) is 31.0 Å². The van der Waals surface area contributed by atoms with Crippen LogP contribution in [-0.2, 0) is 9.47 Å². The molecule has 2 saturated carbocycles. The van der Waals surface area contributed by atoms with Crippen LogP contribution in [0.15, 0.2) is 28.7 Å². The molecule has 0 heterocycles. The monoisotopic (exact) mass is 410 g/mol. The Balaban J connectivity index is 1.70. The molecule has 0 aromatic carbocycles. The van der Waals surface area contributed by atoms with E-state index in [9.17, 15) is 5.11 Å². The fourth-order valence-electron chi connectivity index (χ4n) is 4.12. The fourth-order valence-corrected chi connectivity index (χ4v) is 4.12. The minimum atomic E-state index is -0.333. The zero-order valence-electron chi connectivity index (χ0n) is 17.4. The number of rotatable bonds is 9. The Morgan fingerprint density at radius 2 is 1.63 bits per heavy atom. The van der Waals surface area contributed by atoms with Gasteiger partial charge in [0.05, 0.1) is 25.4 Å². The van der Waals surface area contributed by atoms with Gasteiger partial charge in [0.25, 0.3) is 0 Å². The first kappa shape index (κ1) is 23.8. The van der Waals surface area contributed by atoms with Gasteiger partial charge in [-0.1, -0.05) is 0 Å². The van der Waals surface area contributed by atoms with Gasteiger partial charge in [-0.2, -0.15) is 15.0 Å². The first-order valence-electron chi connectivity index (χ1n) is 10.5. The SMILES string of the molecule is [C-]#[N+]C(=CC1CCC(OCC(CO)OC2CCC(/C=C(\C#N)N=C)CC2)CC1)[N+]#[C-]. The Bertz CT molecular complexity index is 724. The summed E-state index contributed by atoms with van der Waals surface area (Å²) in [6.45, 7) is 17.7. The number of hydrogen-bond acceptors (Lipinski definition) is 5. The molecule has 7 nitrogen and oxygen atoms in total. The van der Waals surface area contributed by atoms with Crippen molar-refractivity contribution in [2.24, 2.45) is 16.8 Å². The maximum atomic E-state index is 9.68. The lowest BCUT2D eigenvalue weighted by atomic mass is 9.86. The molecule has 0 bridgehead atoms. The highest BCUT2D eigenvalue weighted by molar-refractivity contribution is 5.34. The molecule has 0 saturated heterocycles. The van der Waals surface area contributed by atoms with Gasteiger partial charge >= 0.3 is 5.82 Å². The lowest BCUT2D eigenvalue weighted by Gasteiger charge is -2.31. The average Bonchev–Trinajstić information content (AvgIpc) is 2.80. The summed E-state index contributed by atoms with van der Waals surface area (Å²) in [5.74, 6) is 0.752. The molecule has 0 aromatic heterocycles. The number of ether oxygens (including phenoxy) is 2. The standard InChI is InChI=1S/C23H30N4O3/c1-25-19(14-24)12-17-6-10-21(11-7-17)30-22(15-28)16-29-20-8-4-18(5-9-20)13-23(26-2)27-3/h12-13,17-18,20-22,28H,1,4-11,15-16H2/b19-12+. The molecule has 0 radical (unpaired) electrons. The van der Waals surface area contributed by atoms with Crippen LogP contribution in [0.2, 0.25) is 0 Å². The van der Waals surface area contributed by atoms with E-state index in [-0.39, 0.29) is 36.7 Å². The van der Waals surface area contributed by atoms with Crippen molar-refractivity contribution in [3.8, 4) is 6.07 Å². The van der Waals surface area contributed by atoms with E-state index in [1.807, 2.05) is 12.1 Å². The van der Waals surface area contributed by atoms with Crippen molar-refractivity contribution in [2.45, 2.75) is 69.7 Å². The van der Waals surface area contributed by atoms with Crippen LogP contribution in [0, 0.1) is 36.3 Å². The third-order valence-corrected chi connectivity index (χ3v) is 5.84. The Morgan fingerprint density at radius 3 is 2.13 bits per heavy atom. The average molecular weight is 411 g/mol. The van der Waals surface area contributed by atoms with Gasteiger partial charge in [0, 0.05) is 6.08 Å². The summed E-state index contributed by atoms with van der Waals surface area (Å²) < 4.78 is 12.1. The molecule has 2 fully saturated rings. The van der Waals surface area contributed by atoms with Crippen molar-refractivity contribution in [3.05, 3.63) is 46.5 Å². The number of nitriles is 1. The zero-order valence-corrected chi connectivity index (χ0v) is 17.4. The van der Waals surface area contributed by atoms with E-state index in [4.69, 9.17) is 27.9 Å². The minimum absolute atomic E-state index is 0.0732. The molecule has 2 rings (SSSR count). The summed E-state index contributed by atoms with van der Waals surface area (Å²) in [5, 5.41) is 18.6. The number of nitrogens with zero attached hydrogens (tertiary/aromatic N) is 4. The molecule has 0 aromatic rings. The van der Waals surface area contributed by atoms with Gasteiger partial charge in [-0.05, 0) is 76.0 Å². The van der Waals surface area contributed by atoms with E-state index in [2.05, 4.69) is 21.4 Å². The summed E-state index contributed by atoms with van der Waals surface area (Å²) in [5.41, 5.74) is 0.380. The number of aliphatic hydroxyl groups excluding tert-OH is 1. The second-order valence-corrected chi connectivity index (χ2v) is 7.92. The number of aliphatic imine (C=N–C) groups is 1. The van der Waals surface area contributed by atoms with Crippen LogP contribution < -0.4 is 0 Å². The molecule has 1 unspecified atom stereocenters. The normalized spacial score (nSPS) is 27.7. The maximum Gasteiger partial charge on any atom is 0.515 e. The molecule has 2 aliphatic rings. The zero-order chi connectivity index (χ0) is 21.8. The van der Waals surface area contributed by atoms with Gasteiger partial charge in [-0.25, -0.2) is 0 Å². The molecule has 0 amide bonds. The van der Waals surface area contributed by atoms with Crippen molar-refractivity contribution in [1.82, 2.24) is 0 Å². The molecule has 0 aliphatic heterocycles. The van der Waals surface area contributed by atoms with E-state index in [1.165, 1.54) is 0 Å².